The third-order valence-corrected chi connectivity index (χ3v) is 3.77. The summed E-state index contributed by atoms with van der Waals surface area (Å²) in [5.74, 6) is -1.56. The molecule has 0 spiro atoms. The molecule has 6 nitrogen and oxygen atoms in total. The molecule has 0 saturated carbocycles. The normalized spacial score (nSPS) is 22.6. The predicted octanol–water partition coefficient (Wildman–Crippen LogP) is 1.54. The molecule has 1 saturated heterocycles. The Morgan fingerprint density at radius 2 is 2.10 bits per heavy atom. The zero-order valence-electron chi connectivity index (χ0n) is 11.5. The van der Waals surface area contributed by atoms with E-state index in [0.717, 1.165) is 12.8 Å². The van der Waals surface area contributed by atoms with Crippen LogP contribution < -0.4 is 0 Å². The van der Waals surface area contributed by atoms with Crippen molar-refractivity contribution in [3.63, 3.8) is 0 Å². The van der Waals surface area contributed by atoms with Crippen molar-refractivity contribution >= 4 is 17.7 Å². The summed E-state index contributed by atoms with van der Waals surface area (Å²) in [7, 11) is 0. The number of rotatable bonds is 3. The number of carbonyl (C=O) groups is 3. The number of aromatic amines is 1. The van der Waals surface area contributed by atoms with Gasteiger partial charge in [-0.3, -0.25) is 9.59 Å². The predicted molar refractivity (Wildman–Crippen MR) is 71.7 cm³/mol. The molecule has 1 fully saturated rings. The van der Waals surface area contributed by atoms with E-state index in [1.807, 2.05) is 6.92 Å². The first kappa shape index (κ1) is 14.3. The fraction of sp³-hybridized carbons (Fsp3) is 0.500. The van der Waals surface area contributed by atoms with Crippen molar-refractivity contribution in [3.8, 4) is 0 Å². The number of aromatic nitrogens is 1. The second kappa shape index (κ2) is 5.48. The van der Waals surface area contributed by atoms with Crippen molar-refractivity contribution < 1.29 is 19.5 Å². The molecule has 0 aromatic carbocycles. The van der Waals surface area contributed by atoms with E-state index in [1.165, 1.54) is 24.1 Å². The van der Waals surface area contributed by atoms with E-state index in [4.69, 9.17) is 0 Å². The number of Topliss-reactive ketones (excluding diaryl/α,β-unsaturated/α-hetero) is 1. The highest BCUT2D eigenvalue weighted by molar-refractivity contribution is 6.00. The highest BCUT2D eigenvalue weighted by atomic mass is 16.4. The smallest absolute Gasteiger partial charge is 0.326 e. The van der Waals surface area contributed by atoms with Crippen LogP contribution in [0.15, 0.2) is 12.3 Å². The van der Waals surface area contributed by atoms with Crippen LogP contribution in [-0.4, -0.2) is 45.2 Å². The molecule has 2 rings (SSSR count). The lowest BCUT2D eigenvalue weighted by atomic mass is 9.90. The first-order valence-electron chi connectivity index (χ1n) is 6.65. The van der Waals surface area contributed by atoms with Crippen LogP contribution in [0, 0.1) is 5.92 Å². The summed E-state index contributed by atoms with van der Waals surface area (Å²) in [5.41, 5.74) is 0.681. The monoisotopic (exact) mass is 278 g/mol. The molecule has 1 aliphatic rings. The van der Waals surface area contributed by atoms with Crippen molar-refractivity contribution in [1.29, 1.82) is 0 Å². The van der Waals surface area contributed by atoms with Crippen LogP contribution in [-0.2, 0) is 4.79 Å². The lowest BCUT2D eigenvalue weighted by Crippen LogP contribution is -2.52. The first-order chi connectivity index (χ1) is 9.41. The molecule has 20 heavy (non-hydrogen) atoms. The van der Waals surface area contributed by atoms with Crippen molar-refractivity contribution in [2.75, 3.05) is 6.54 Å². The molecular weight excluding hydrogens is 260 g/mol. The molecule has 0 bridgehead atoms. The van der Waals surface area contributed by atoms with Gasteiger partial charge < -0.3 is 15.0 Å². The zero-order chi connectivity index (χ0) is 14.9. The van der Waals surface area contributed by atoms with E-state index in [1.54, 1.807) is 0 Å². The minimum Gasteiger partial charge on any atom is -0.480 e. The lowest BCUT2D eigenvalue weighted by Gasteiger charge is -2.37. The van der Waals surface area contributed by atoms with Gasteiger partial charge in [0.05, 0.1) is 0 Å². The molecule has 2 unspecified atom stereocenters. The van der Waals surface area contributed by atoms with Crippen LogP contribution in [0.4, 0.5) is 0 Å². The van der Waals surface area contributed by atoms with Gasteiger partial charge in [-0.15, -0.1) is 0 Å². The van der Waals surface area contributed by atoms with Gasteiger partial charge in [0.25, 0.3) is 5.91 Å². The average molecular weight is 278 g/mol. The van der Waals surface area contributed by atoms with Gasteiger partial charge in [-0.1, -0.05) is 6.92 Å². The van der Waals surface area contributed by atoms with Gasteiger partial charge in [-0.05, 0) is 31.7 Å². The molecule has 0 radical (unpaired) electrons. The summed E-state index contributed by atoms with van der Waals surface area (Å²) in [6.07, 6.45) is 3.06. The summed E-state index contributed by atoms with van der Waals surface area (Å²) >= 11 is 0. The molecule has 6 heteroatoms. The molecule has 1 aromatic heterocycles. The fourth-order valence-electron chi connectivity index (χ4n) is 2.67. The molecule has 1 aliphatic heterocycles. The van der Waals surface area contributed by atoms with E-state index >= 15 is 0 Å². The largest absolute Gasteiger partial charge is 0.480 e. The maximum Gasteiger partial charge on any atom is 0.326 e. The van der Waals surface area contributed by atoms with Crippen LogP contribution >= 0.6 is 0 Å². The summed E-state index contributed by atoms with van der Waals surface area (Å²) in [5, 5.41) is 9.31. The number of carboxylic acids is 1. The number of aliphatic carboxylic acids is 1. The number of ketones is 1. The third kappa shape index (κ3) is 2.59. The number of nitrogens with zero attached hydrogens (tertiary/aromatic N) is 1. The number of nitrogens with one attached hydrogen (secondary N) is 1. The topological polar surface area (TPSA) is 90.5 Å². The number of carboxylic acid groups (broad SMARTS) is 1. The highest BCUT2D eigenvalue weighted by Gasteiger charge is 2.37. The molecular formula is C14H18N2O4. The van der Waals surface area contributed by atoms with E-state index in [-0.39, 0.29) is 23.3 Å². The van der Waals surface area contributed by atoms with Gasteiger partial charge in [0, 0.05) is 18.3 Å². The van der Waals surface area contributed by atoms with Crippen LogP contribution in [0.2, 0.25) is 0 Å². The Labute approximate surface area is 116 Å². The maximum absolute atomic E-state index is 12.4. The van der Waals surface area contributed by atoms with Crippen LogP contribution in [0.5, 0.6) is 0 Å². The SMILES string of the molecule is CC(=O)c1c[nH]c(C(=O)N2CCCC(C)C2C(=O)O)c1. The van der Waals surface area contributed by atoms with Crippen molar-refractivity contribution in [1.82, 2.24) is 9.88 Å². The van der Waals surface area contributed by atoms with Crippen LogP contribution in [0.25, 0.3) is 0 Å². The molecule has 2 heterocycles. The quantitative estimate of drug-likeness (QED) is 0.821. The second-order valence-corrected chi connectivity index (χ2v) is 5.26. The van der Waals surface area contributed by atoms with Gasteiger partial charge in [-0.2, -0.15) is 0 Å². The van der Waals surface area contributed by atoms with E-state index in [0.29, 0.717) is 12.1 Å². The first-order valence-corrected chi connectivity index (χ1v) is 6.65. The summed E-state index contributed by atoms with van der Waals surface area (Å²) in [4.78, 5) is 39.2. The van der Waals surface area contributed by atoms with Crippen molar-refractivity contribution in [2.24, 2.45) is 5.92 Å². The number of H-pyrrole nitrogens is 1. The Morgan fingerprint density at radius 3 is 2.65 bits per heavy atom. The Kier molecular flexibility index (Phi) is 3.92. The van der Waals surface area contributed by atoms with Gasteiger partial charge in [0.15, 0.2) is 5.78 Å². The fourth-order valence-corrected chi connectivity index (χ4v) is 2.67. The molecule has 2 atom stereocenters. The summed E-state index contributed by atoms with van der Waals surface area (Å²) in [6.45, 7) is 3.68. The van der Waals surface area contributed by atoms with Crippen molar-refractivity contribution in [3.05, 3.63) is 23.5 Å². The van der Waals surface area contributed by atoms with Gasteiger partial charge in [0.1, 0.15) is 11.7 Å². The van der Waals surface area contributed by atoms with E-state index in [2.05, 4.69) is 4.98 Å². The van der Waals surface area contributed by atoms with Gasteiger partial charge in [-0.25, -0.2) is 4.79 Å². The van der Waals surface area contributed by atoms with Crippen LogP contribution in [0.3, 0.4) is 0 Å². The Bertz CT molecular complexity index is 549. The number of piperidine rings is 1. The van der Waals surface area contributed by atoms with Gasteiger partial charge in [0.2, 0.25) is 0 Å². The molecule has 0 aliphatic carbocycles. The maximum atomic E-state index is 12.4. The average Bonchev–Trinajstić information content (AvgIpc) is 2.86. The molecule has 1 amide bonds. The number of hydrogen-bond donors (Lipinski definition) is 2. The third-order valence-electron chi connectivity index (χ3n) is 3.77. The minimum atomic E-state index is -0.983. The standard InChI is InChI=1S/C14H18N2O4/c1-8-4-3-5-16(12(8)14(19)20)13(18)11-6-10(7-15-11)9(2)17/h6-8,12,15H,3-5H2,1-2H3,(H,19,20). The summed E-state index contributed by atoms with van der Waals surface area (Å²) in [6, 6.07) is 0.670. The minimum absolute atomic E-state index is 0.0764. The Morgan fingerprint density at radius 1 is 1.40 bits per heavy atom. The zero-order valence-corrected chi connectivity index (χ0v) is 11.5. The van der Waals surface area contributed by atoms with Crippen LogP contribution in [0.1, 0.15) is 47.5 Å². The highest BCUT2D eigenvalue weighted by Crippen LogP contribution is 2.25. The Balaban J connectivity index is 2.25. The van der Waals surface area contributed by atoms with E-state index < -0.39 is 12.0 Å². The number of likely N-dealkylation sites (tertiary alicyclic amines) is 1. The molecule has 2 N–H and O–H groups in total. The Hall–Kier alpha value is -2.11. The van der Waals surface area contributed by atoms with Gasteiger partial charge >= 0.3 is 5.97 Å². The number of hydrogen-bond acceptors (Lipinski definition) is 3. The number of amides is 1. The molecule has 1 aromatic rings. The van der Waals surface area contributed by atoms with Crippen molar-refractivity contribution in [2.45, 2.75) is 32.7 Å². The summed E-state index contributed by atoms with van der Waals surface area (Å²) < 4.78 is 0. The molecule has 108 valence electrons. The van der Waals surface area contributed by atoms with E-state index in [9.17, 15) is 19.5 Å². The number of carbonyl (C=O) groups excluding carboxylic acids is 2. The lowest BCUT2D eigenvalue weighted by molar-refractivity contribution is -0.145. The second-order valence-electron chi connectivity index (χ2n) is 5.26.